The van der Waals surface area contributed by atoms with Crippen molar-refractivity contribution in [1.29, 1.82) is 0 Å². The van der Waals surface area contributed by atoms with Gasteiger partial charge >= 0.3 is 0 Å². The van der Waals surface area contributed by atoms with E-state index in [-0.39, 0.29) is 11.8 Å². The smallest absolute Gasteiger partial charge is 0.224 e. The second-order valence-corrected chi connectivity index (χ2v) is 8.23. The van der Waals surface area contributed by atoms with Gasteiger partial charge in [-0.15, -0.1) is 0 Å². The van der Waals surface area contributed by atoms with E-state index in [0.717, 1.165) is 28.1 Å². The number of anilines is 1. The molecule has 2 N–H and O–H groups in total. The van der Waals surface area contributed by atoms with E-state index < -0.39 is 0 Å². The van der Waals surface area contributed by atoms with Gasteiger partial charge in [0.05, 0.1) is 13.7 Å². The van der Waals surface area contributed by atoms with Gasteiger partial charge in [0.2, 0.25) is 11.8 Å². The molecule has 35 heavy (non-hydrogen) atoms. The summed E-state index contributed by atoms with van der Waals surface area (Å²) < 4.78 is 17.1. The number of carbonyl (C=O) groups is 2. The third kappa shape index (κ3) is 6.96. The summed E-state index contributed by atoms with van der Waals surface area (Å²) in [5.74, 6) is 2.00. The Morgan fingerprint density at radius 3 is 2.69 bits per heavy atom. The van der Waals surface area contributed by atoms with Crippen LogP contribution in [0.2, 0.25) is 0 Å². The number of methoxy groups -OCH3 is 1. The molecule has 2 aromatic carbocycles. The third-order valence-electron chi connectivity index (χ3n) is 5.65. The van der Waals surface area contributed by atoms with Crippen LogP contribution in [0.4, 0.5) is 5.69 Å². The Balaban J connectivity index is 1.18. The van der Waals surface area contributed by atoms with Crippen LogP contribution in [0.25, 0.3) is 0 Å². The zero-order valence-electron chi connectivity index (χ0n) is 19.7. The minimum Gasteiger partial charge on any atom is -0.494 e. The van der Waals surface area contributed by atoms with Crippen molar-refractivity contribution in [3.8, 4) is 17.2 Å². The van der Waals surface area contributed by atoms with Crippen LogP contribution < -0.4 is 24.8 Å². The molecule has 0 bridgehead atoms. The molecule has 1 aromatic heterocycles. The molecule has 0 atom stereocenters. The molecule has 1 aliphatic rings. The van der Waals surface area contributed by atoms with E-state index in [9.17, 15) is 9.59 Å². The summed E-state index contributed by atoms with van der Waals surface area (Å²) >= 11 is 0. The number of pyridine rings is 1. The van der Waals surface area contributed by atoms with E-state index in [1.807, 2.05) is 48.5 Å². The van der Waals surface area contributed by atoms with Crippen molar-refractivity contribution in [1.82, 2.24) is 10.3 Å². The fourth-order valence-corrected chi connectivity index (χ4v) is 3.74. The molecule has 8 nitrogen and oxygen atoms in total. The quantitative estimate of drug-likeness (QED) is 0.406. The number of benzene rings is 2. The lowest BCUT2D eigenvalue weighted by Crippen LogP contribution is -2.23. The molecule has 0 fully saturated rings. The van der Waals surface area contributed by atoms with Crippen molar-refractivity contribution in [3.05, 3.63) is 77.6 Å². The number of hydrogen-bond acceptors (Lipinski definition) is 6. The first-order valence-electron chi connectivity index (χ1n) is 11.6. The normalized spacial score (nSPS) is 12.3. The molecule has 182 valence electrons. The second kappa shape index (κ2) is 11.9. The first-order chi connectivity index (χ1) is 17.1. The van der Waals surface area contributed by atoms with E-state index in [4.69, 9.17) is 14.2 Å². The Bertz CT molecular complexity index is 1170. The fraction of sp³-hybridized carbons (Fsp3) is 0.296. The van der Waals surface area contributed by atoms with Crippen molar-refractivity contribution >= 4 is 17.5 Å². The van der Waals surface area contributed by atoms with Crippen molar-refractivity contribution in [2.24, 2.45) is 0 Å². The summed E-state index contributed by atoms with van der Waals surface area (Å²) in [7, 11) is 1.59. The molecule has 0 saturated heterocycles. The molecular weight excluding hydrogens is 446 g/mol. The highest BCUT2D eigenvalue weighted by Crippen LogP contribution is 2.29. The van der Waals surface area contributed by atoms with E-state index in [1.165, 1.54) is 0 Å². The van der Waals surface area contributed by atoms with Crippen LogP contribution in [-0.2, 0) is 29.2 Å². The molecule has 8 heteroatoms. The molecule has 2 amide bonds. The maximum atomic E-state index is 12.3. The average Bonchev–Trinajstić information content (AvgIpc) is 2.89. The van der Waals surface area contributed by atoms with Gasteiger partial charge in [-0.25, -0.2) is 0 Å². The lowest BCUT2D eigenvalue weighted by molar-refractivity contribution is -0.121. The Hall–Kier alpha value is -4.07. The molecule has 4 rings (SSSR count). The zero-order chi connectivity index (χ0) is 24.5. The molecule has 3 aromatic rings. The van der Waals surface area contributed by atoms with Gasteiger partial charge in [-0.1, -0.05) is 6.07 Å². The van der Waals surface area contributed by atoms with Gasteiger partial charge in [-0.3, -0.25) is 14.6 Å². The van der Waals surface area contributed by atoms with Crippen molar-refractivity contribution in [2.75, 3.05) is 19.0 Å². The Morgan fingerprint density at radius 1 is 1.00 bits per heavy atom. The monoisotopic (exact) mass is 475 g/mol. The first kappa shape index (κ1) is 24.1. The number of hydrogen-bond donors (Lipinski definition) is 2. The van der Waals surface area contributed by atoms with Crippen molar-refractivity contribution in [3.63, 3.8) is 0 Å². The molecule has 0 spiro atoms. The number of ether oxygens (including phenoxy) is 3. The summed E-state index contributed by atoms with van der Waals surface area (Å²) in [6.45, 7) is 1.26. The highest BCUT2D eigenvalue weighted by molar-refractivity contribution is 5.94. The molecular formula is C27H29N3O5. The van der Waals surface area contributed by atoms with Gasteiger partial charge < -0.3 is 24.8 Å². The Kier molecular flexibility index (Phi) is 8.17. The Labute approximate surface area is 204 Å². The summed E-state index contributed by atoms with van der Waals surface area (Å²) in [4.78, 5) is 27.7. The average molecular weight is 476 g/mol. The lowest BCUT2D eigenvalue weighted by atomic mass is 10.0. The largest absolute Gasteiger partial charge is 0.494 e. The maximum absolute atomic E-state index is 12.3. The number of nitrogens with zero attached hydrogens (tertiary/aromatic N) is 1. The number of fused-ring (bicyclic) bond motifs is 1. The predicted octanol–water partition coefficient (Wildman–Crippen LogP) is 4.03. The van der Waals surface area contributed by atoms with Gasteiger partial charge in [-0.2, -0.15) is 0 Å². The number of aromatic nitrogens is 1. The van der Waals surface area contributed by atoms with E-state index in [2.05, 4.69) is 15.6 Å². The van der Waals surface area contributed by atoms with Crippen LogP contribution in [0.5, 0.6) is 17.2 Å². The molecule has 0 aliphatic carbocycles. The standard InChI is InChI=1S/C27H29N3O5/c1-33-25-15-20(4-8-24(25)35-18-19-10-12-28-13-11-19)17-29-26(31)3-2-14-34-22-6-7-23-21(16-22)5-9-27(32)30-23/h4,6-8,10-13,15-16H,2-3,5,9,14,17-18H2,1H3,(H,29,31)(H,30,32). The van der Waals surface area contributed by atoms with Crippen LogP contribution in [0.3, 0.4) is 0 Å². The number of rotatable bonds is 11. The highest BCUT2D eigenvalue weighted by atomic mass is 16.5. The second-order valence-electron chi connectivity index (χ2n) is 8.23. The summed E-state index contributed by atoms with van der Waals surface area (Å²) in [5, 5.41) is 5.79. The number of amides is 2. The molecule has 0 radical (unpaired) electrons. The van der Waals surface area contributed by atoms with E-state index >= 15 is 0 Å². The van der Waals surface area contributed by atoms with Gasteiger partial charge in [0.1, 0.15) is 12.4 Å². The molecule has 1 aliphatic heterocycles. The van der Waals surface area contributed by atoms with Crippen LogP contribution in [0.1, 0.15) is 36.0 Å². The van der Waals surface area contributed by atoms with Crippen LogP contribution in [0.15, 0.2) is 60.9 Å². The van der Waals surface area contributed by atoms with Gasteiger partial charge in [0.15, 0.2) is 11.5 Å². The lowest BCUT2D eigenvalue weighted by Gasteiger charge is -2.17. The predicted molar refractivity (Wildman–Crippen MR) is 132 cm³/mol. The summed E-state index contributed by atoms with van der Waals surface area (Å²) in [6.07, 6.45) is 5.62. The Morgan fingerprint density at radius 2 is 1.86 bits per heavy atom. The maximum Gasteiger partial charge on any atom is 0.224 e. The minimum atomic E-state index is -0.0428. The number of carbonyl (C=O) groups excluding carboxylic acids is 2. The topological polar surface area (TPSA) is 98.8 Å². The van der Waals surface area contributed by atoms with Crippen LogP contribution in [-0.4, -0.2) is 30.5 Å². The number of nitrogens with one attached hydrogen (secondary N) is 2. The SMILES string of the molecule is COc1cc(CNC(=O)CCCOc2ccc3c(c2)CCC(=O)N3)ccc1OCc1ccncc1. The third-order valence-corrected chi connectivity index (χ3v) is 5.65. The van der Waals surface area contributed by atoms with Gasteiger partial charge in [0.25, 0.3) is 0 Å². The van der Waals surface area contributed by atoms with Crippen molar-refractivity contribution in [2.45, 2.75) is 38.8 Å². The van der Waals surface area contributed by atoms with Gasteiger partial charge in [0, 0.05) is 37.5 Å². The minimum absolute atomic E-state index is 0.0425. The summed E-state index contributed by atoms with van der Waals surface area (Å²) in [5.41, 5.74) is 3.85. The van der Waals surface area contributed by atoms with Crippen LogP contribution >= 0.6 is 0 Å². The molecule has 0 unspecified atom stereocenters. The first-order valence-corrected chi connectivity index (χ1v) is 11.6. The number of aryl methyl sites for hydroxylation is 1. The molecule has 0 saturated carbocycles. The zero-order valence-corrected chi connectivity index (χ0v) is 19.7. The fourth-order valence-electron chi connectivity index (χ4n) is 3.74. The van der Waals surface area contributed by atoms with E-state index in [1.54, 1.807) is 19.5 Å². The van der Waals surface area contributed by atoms with Gasteiger partial charge in [-0.05, 0) is 72.0 Å². The van der Waals surface area contributed by atoms with E-state index in [0.29, 0.717) is 56.9 Å². The highest BCUT2D eigenvalue weighted by Gasteiger charge is 2.15. The molecule has 2 heterocycles. The summed E-state index contributed by atoms with van der Waals surface area (Å²) in [6, 6.07) is 15.1. The van der Waals surface area contributed by atoms with Crippen molar-refractivity contribution < 1.29 is 23.8 Å². The van der Waals surface area contributed by atoms with Crippen LogP contribution in [0, 0.1) is 0 Å².